The van der Waals surface area contributed by atoms with Gasteiger partial charge in [0.15, 0.2) is 9.84 Å². The molecule has 2 heterocycles. The summed E-state index contributed by atoms with van der Waals surface area (Å²) in [5.74, 6) is 0.953. The van der Waals surface area contributed by atoms with Crippen molar-refractivity contribution in [2.75, 3.05) is 29.1 Å². The van der Waals surface area contributed by atoms with Crippen LogP contribution in [-0.2, 0) is 9.84 Å². The first-order valence-corrected chi connectivity index (χ1v) is 11.0. The number of piperidine rings is 1. The standard InChI is InChI=1S/C20H24N4O2S/c1-2-27(25,26)17-9-7-16(8-10-17)24-13-11-15(12-14-24)21-20-22-18-5-3-4-6-19(18)23-20/h3-10,15H,2,11-14H2,1H3,(H2,21,22,23). The van der Waals surface area contributed by atoms with E-state index < -0.39 is 9.84 Å². The molecule has 0 aliphatic carbocycles. The maximum atomic E-state index is 11.9. The molecule has 0 unspecified atom stereocenters. The molecule has 1 saturated heterocycles. The number of H-pyrrole nitrogens is 1. The van der Waals surface area contributed by atoms with Crippen molar-refractivity contribution < 1.29 is 8.42 Å². The minimum absolute atomic E-state index is 0.130. The fourth-order valence-electron chi connectivity index (χ4n) is 3.53. The highest BCUT2D eigenvalue weighted by Gasteiger charge is 2.21. The maximum absolute atomic E-state index is 11.9. The molecule has 2 N–H and O–H groups in total. The first kappa shape index (κ1) is 17.9. The van der Waals surface area contributed by atoms with Gasteiger partial charge in [0, 0.05) is 24.8 Å². The fraction of sp³-hybridized carbons (Fsp3) is 0.350. The smallest absolute Gasteiger partial charge is 0.201 e. The van der Waals surface area contributed by atoms with Crippen molar-refractivity contribution in [1.82, 2.24) is 9.97 Å². The Balaban J connectivity index is 1.37. The molecule has 0 atom stereocenters. The molecule has 7 heteroatoms. The van der Waals surface area contributed by atoms with Crippen molar-refractivity contribution in [3.8, 4) is 0 Å². The lowest BCUT2D eigenvalue weighted by Gasteiger charge is -2.34. The number of fused-ring (bicyclic) bond motifs is 1. The van der Waals surface area contributed by atoms with Crippen LogP contribution in [0.5, 0.6) is 0 Å². The van der Waals surface area contributed by atoms with Crippen molar-refractivity contribution in [1.29, 1.82) is 0 Å². The van der Waals surface area contributed by atoms with Crippen molar-refractivity contribution in [3.63, 3.8) is 0 Å². The molecular formula is C20H24N4O2S. The number of para-hydroxylation sites is 2. The number of aromatic nitrogens is 2. The Morgan fingerprint density at radius 3 is 2.48 bits per heavy atom. The number of sulfone groups is 1. The Bertz CT molecular complexity index is 987. The predicted octanol–water partition coefficient (Wildman–Crippen LogP) is 3.44. The summed E-state index contributed by atoms with van der Waals surface area (Å²) in [7, 11) is -3.14. The number of nitrogens with one attached hydrogen (secondary N) is 2. The van der Waals surface area contributed by atoms with E-state index in [2.05, 4.69) is 20.2 Å². The zero-order valence-corrected chi connectivity index (χ0v) is 16.2. The summed E-state index contributed by atoms with van der Waals surface area (Å²) in [5.41, 5.74) is 3.09. The lowest BCUT2D eigenvalue weighted by Crippen LogP contribution is -2.39. The normalized spacial score (nSPS) is 16.0. The monoisotopic (exact) mass is 384 g/mol. The molecule has 1 aliphatic rings. The van der Waals surface area contributed by atoms with E-state index in [4.69, 9.17) is 0 Å². The average Bonchev–Trinajstić information content (AvgIpc) is 3.11. The number of anilines is 2. The van der Waals surface area contributed by atoms with Crippen LogP contribution in [0.1, 0.15) is 19.8 Å². The molecule has 142 valence electrons. The molecular weight excluding hydrogens is 360 g/mol. The van der Waals surface area contributed by atoms with Crippen molar-refractivity contribution in [3.05, 3.63) is 48.5 Å². The van der Waals surface area contributed by atoms with Gasteiger partial charge in [-0.05, 0) is 49.2 Å². The molecule has 0 bridgehead atoms. The van der Waals surface area contributed by atoms with Crippen molar-refractivity contribution >= 4 is 32.5 Å². The fourth-order valence-corrected chi connectivity index (χ4v) is 4.41. The molecule has 4 rings (SSSR count). The summed E-state index contributed by atoms with van der Waals surface area (Å²) in [4.78, 5) is 10.6. The van der Waals surface area contributed by atoms with E-state index in [0.717, 1.165) is 48.6 Å². The van der Waals surface area contributed by atoms with Gasteiger partial charge in [-0.15, -0.1) is 0 Å². The van der Waals surface area contributed by atoms with E-state index in [9.17, 15) is 8.42 Å². The summed E-state index contributed by atoms with van der Waals surface area (Å²) in [5, 5.41) is 3.51. The van der Waals surface area contributed by atoms with Gasteiger partial charge in [0.2, 0.25) is 5.95 Å². The lowest BCUT2D eigenvalue weighted by molar-refractivity contribution is 0.524. The van der Waals surface area contributed by atoms with Crippen LogP contribution < -0.4 is 10.2 Å². The van der Waals surface area contributed by atoms with Crippen molar-refractivity contribution in [2.24, 2.45) is 0 Å². The Kier molecular flexibility index (Phi) is 4.78. The zero-order chi connectivity index (χ0) is 18.9. The molecule has 1 aliphatic heterocycles. The molecule has 0 spiro atoms. The van der Waals surface area contributed by atoms with Crippen LogP contribution in [0.3, 0.4) is 0 Å². The van der Waals surface area contributed by atoms with Crippen LogP contribution in [0.4, 0.5) is 11.6 Å². The highest BCUT2D eigenvalue weighted by Crippen LogP contribution is 2.24. The second-order valence-electron chi connectivity index (χ2n) is 6.91. The van der Waals surface area contributed by atoms with Gasteiger partial charge in [-0.1, -0.05) is 19.1 Å². The van der Waals surface area contributed by atoms with Crippen LogP contribution in [-0.4, -0.2) is 43.3 Å². The third-order valence-corrected chi connectivity index (χ3v) is 6.92. The molecule has 3 aromatic rings. The van der Waals surface area contributed by atoms with Gasteiger partial charge in [0.05, 0.1) is 21.7 Å². The van der Waals surface area contributed by atoms with Crippen LogP contribution >= 0.6 is 0 Å². The number of nitrogens with zero attached hydrogens (tertiary/aromatic N) is 2. The Labute approximate surface area is 159 Å². The molecule has 0 amide bonds. The van der Waals surface area contributed by atoms with Gasteiger partial charge in [-0.2, -0.15) is 0 Å². The van der Waals surface area contributed by atoms with E-state index in [1.165, 1.54) is 0 Å². The van der Waals surface area contributed by atoms with Crippen LogP contribution in [0.2, 0.25) is 0 Å². The summed E-state index contributed by atoms with van der Waals surface area (Å²) < 4.78 is 23.9. The highest BCUT2D eigenvalue weighted by molar-refractivity contribution is 7.91. The summed E-state index contributed by atoms with van der Waals surface area (Å²) in [6.07, 6.45) is 2.01. The van der Waals surface area contributed by atoms with Gasteiger partial charge in [0.25, 0.3) is 0 Å². The lowest BCUT2D eigenvalue weighted by atomic mass is 10.0. The third kappa shape index (κ3) is 3.78. The first-order valence-electron chi connectivity index (χ1n) is 9.34. The van der Waals surface area contributed by atoms with E-state index >= 15 is 0 Å². The van der Waals surface area contributed by atoms with E-state index in [1.807, 2.05) is 36.4 Å². The van der Waals surface area contributed by atoms with Crippen LogP contribution in [0, 0.1) is 0 Å². The molecule has 1 fully saturated rings. The number of imidazole rings is 1. The molecule has 0 saturated carbocycles. The van der Waals surface area contributed by atoms with Crippen LogP contribution in [0.25, 0.3) is 11.0 Å². The number of hydrogen-bond donors (Lipinski definition) is 2. The highest BCUT2D eigenvalue weighted by atomic mass is 32.2. The minimum Gasteiger partial charge on any atom is -0.371 e. The number of rotatable bonds is 5. The Hall–Kier alpha value is -2.54. The topological polar surface area (TPSA) is 78.1 Å². The predicted molar refractivity (Wildman–Crippen MR) is 109 cm³/mol. The van der Waals surface area contributed by atoms with Gasteiger partial charge in [0.1, 0.15) is 0 Å². The van der Waals surface area contributed by atoms with Gasteiger partial charge < -0.3 is 15.2 Å². The molecule has 1 aromatic heterocycles. The second kappa shape index (κ2) is 7.23. The summed E-state index contributed by atoms with van der Waals surface area (Å²) >= 11 is 0. The van der Waals surface area contributed by atoms with Gasteiger partial charge in [-0.3, -0.25) is 0 Å². The van der Waals surface area contributed by atoms with Gasteiger partial charge in [-0.25, -0.2) is 13.4 Å². The van der Waals surface area contributed by atoms with Gasteiger partial charge >= 0.3 is 0 Å². The van der Waals surface area contributed by atoms with Crippen molar-refractivity contribution in [2.45, 2.75) is 30.7 Å². The number of aromatic amines is 1. The first-order chi connectivity index (χ1) is 13.0. The average molecular weight is 385 g/mol. The quantitative estimate of drug-likeness (QED) is 0.705. The number of hydrogen-bond acceptors (Lipinski definition) is 5. The minimum atomic E-state index is -3.14. The summed E-state index contributed by atoms with van der Waals surface area (Å²) in [6.45, 7) is 3.53. The summed E-state index contributed by atoms with van der Waals surface area (Å²) in [6, 6.07) is 15.6. The number of benzene rings is 2. The second-order valence-corrected chi connectivity index (χ2v) is 9.18. The largest absolute Gasteiger partial charge is 0.371 e. The zero-order valence-electron chi connectivity index (χ0n) is 15.4. The molecule has 0 radical (unpaired) electrons. The Morgan fingerprint density at radius 1 is 1.11 bits per heavy atom. The van der Waals surface area contributed by atoms with E-state index in [0.29, 0.717) is 10.9 Å². The SMILES string of the molecule is CCS(=O)(=O)c1ccc(N2CCC(Nc3nc4ccccc4[nH]3)CC2)cc1. The van der Waals surface area contributed by atoms with Crippen LogP contribution in [0.15, 0.2) is 53.4 Å². The maximum Gasteiger partial charge on any atom is 0.201 e. The Morgan fingerprint density at radius 2 is 1.81 bits per heavy atom. The third-order valence-electron chi connectivity index (χ3n) is 5.17. The molecule has 27 heavy (non-hydrogen) atoms. The van der Waals surface area contributed by atoms with E-state index in [-0.39, 0.29) is 5.75 Å². The molecule has 2 aromatic carbocycles. The van der Waals surface area contributed by atoms with E-state index in [1.54, 1.807) is 19.1 Å². The molecule has 6 nitrogen and oxygen atoms in total.